The van der Waals surface area contributed by atoms with Crippen LogP contribution in [-0.2, 0) is 31.9 Å². The molecule has 7 nitrogen and oxygen atoms in total. The predicted molar refractivity (Wildman–Crippen MR) is 126 cm³/mol. The smallest absolute Gasteiger partial charge is 0.435 e. The van der Waals surface area contributed by atoms with Gasteiger partial charge in [0, 0.05) is 41.9 Å². The molecule has 2 heterocycles. The lowest BCUT2D eigenvalue weighted by molar-refractivity contribution is -0.160. The first kappa shape index (κ1) is 23.6. The van der Waals surface area contributed by atoms with Crippen molar-refractivity contribution in [3.63, 3.8) is 0 Å². The van der Waals surface area contributed by atoms with Gasteiger partial charge < -0.3 is 23.9 Å². The van der Waals surface area contributed by atoms with Crippen LogP contribution in [0.4, 0.5) is 4.79 Å². The van der Waals surface area contributed by atoms with Crippen molar-refractivity contribution in [3.8, 4) is 0 Å². The molecule has 0 saturated carbocycles. The Morgan fingerprint density at radius 2 is 1.91 bits per heavy atom. The number of aromatic amines is 1. The van der Waals surface area contributed by atoms with E-state index in [0.29, 0.717) is 19.6 Å². The topological polar surface area (TPSA) is 81.8 Å². The zero-order chi connectivity index (χ0) is 23.4. The van der Waals surface area contributed by atoms with Gasteiger partial charge >= 0.3 is 6.16 Å². The minimum absolute atomic E-state index is 0.232. The van der Waals surface area contributed by atoms with Crippen molar-refractivity contribution in [2.24, 2.45) is 0 Å². The van der Waals surface area contributed by atoms with Gasteiger partial charge in [0.15, 0.2) is 12.5 Å². The van der Waals surface area contributed by atoms with E-state index in [2.05, 4.69) is 16.4 Å². The van der Waals surface area contributed by atoms with Crippen molar-refractivity contribution >= 4 is 28.7 Å². The Morgan fingerprint density at radius 1 is 1.12 bits per heavy atom. The summed E-state index contributed by atoms with van der Waals surface area (Å²) in [5.74, 6) is -0.413. The molecule has 0 bridgehead atoms. The van der Waals surface area contributed by atoms with E-state index in [-0.39, 0.29) is 6.61 Å². The monoisotopic (exact) mass is 472 g/mol. The summed E-state index contributed by atoms with van der Waals surface area (Å²) < 4.78 is 22.3. The minimum Gasteiger partial charge on any atom is -0.435 e. The summed E-state index contributed by atoms with van der Waals surface area (Å²) in [7, 11) is 1.59. The van der Waals surface area contributed by atoms with Gasteiger partial charge in [0.1, 0.15) is 0 Å². The summed E-state index contributed by atoms with van der Waals surface area (Å²) in [5, 5.41) is 5.09. The standard InChI is InChI=1S/C25H29ClN2O5/c1-4-31-24(30-3)22-21-19(14-27-23(22)33-25(29)32-5-2)28-18-12-8-10-16(20(18)21)13-15-9-6-7-11-17(15)26/h6-12,22-24,27-28H,4-5,13-14H2,1-3H3. The Hall–Kier alpha value is -2.58. The molecule has 3 unspecified atom stereocenters. The zero-order valence-electron chi connectivity index (χ0n) is 19.0. The second-order valence-corrected chi connectivity index (χ2v) is 8.22. The number of ether oxygens (including phenoxy) is 4. The van der Waals surface area contributed by atoms with E-state index in [0.717, 1.165) is 38.3 Å². The molecular formula is C25H29ClN2O5. The fourth-order valence-corrected chi connectivity index (χ4v) is 4.72. The van der Waals surface area contributed by atoms with Crippen LogP contribution >= 0.6 is 11.6 Å². The summed E-state index contributed by atoms with van der Waals surface area (Å²) in [6, 6.07) is 14.0. The Morgan fingerprint density at radius 3 is 2.64 bits per heavy atom. The minimum atomic E-state index is -0.731. The van der Waals surface area contributed by atoms with Crippen molar-refractivity contribution < 1.29 is 23.7 Å². The number of halogens is 1. The average molecular weight is 473 g/mol. The number of carbonyl (C=O) groups is 1. The highest BCUT2D eigenvalue weighted by Crippen LogP contribution is 2.40. The van der Waals surface area contributed by atoms with Crippen LogP contribution in [0.5, 0.6) is 0 Å². The summed E-state index contributed by atoms with van der Waals surface area (Å²) in [4.78, 5) is 15.7. The third-order valence-electron chi connectivity index (χ3n) is 5.85. The second-order valence-electron chi connectivity index (χ2n) is 7.81. The molecule has 0 radical (unpaired) electrons. The van der Waals surface area contributed by atoms with Crippen molar-refractivity contribution in [2.75, 3.05) is 20.3 Å². The molecule has 3 aromatic rings. The van der Waals surface area contributed by atoms with Gasteiger partial charge in [-0.2, -0.15) is 0 Å². The maximum absolute atomic E-state index is 12.2. The lowest BCUT2D eigenvalue weighted by atomic mass is 9.87. The molecule has 1 aliphatic heterocycles. The fraction of sp³-hybridized carbons (Fsp3) is 0.400. The lowest BCUT2D eigenvalue weighted by Crippen LogP contribution is -2.48. The van der Waals surface area contributed by atoms with Crippen molar-refractivity contribution in [2.45, 2.75) is 45.2 Å². The molecule has 8 heteroatoms. The first-order valence-corrected chi connectivity index (χ1v) is 11.5. The van der Waals surface area contributed by atoms with E-state index < -0.39 is 24.6 Å². The Labute approximate surface area is 198 Å². The number of benzene rings is 2. The number of nitrogens with one attached hydrogen (secondary N) is 2. The maximum Gasteiger partial charge on any atom is 0.509 e. The van der Waals surface area contributed by atoms with Crippen molar-refractivity contribution in [1.29, 1.82) is 0 Å². The van der Waals surface area contributed by atoms with Crippen LogP contribution in [0.15, 0.2) is 42.5 Å². The Kier molecular flexibility index (Phi) is 7.55. The van der Waals surface area contributed by atoms with Crippen molar-refractivity contribution in [1.82, 2.24) is 10.3 Å². The fourth-order valence-electron chi connectivity index (χ4n) is 4.52. The number of aromatic nitrogens is 1. The van der Waals surface area contributed by atoms with Gasteiger partial charge in [-0.3, -0.25) is 5.32 Å². The first-order chi connectivity index (χ1) is 16.1. The zero-order valence-corrected chi connectivity index (χ0v) is 19.8. The number of fused-ring (bicyclic) bond motifs is 3. The predicted octanol–water partition coefficient (Wildman–Crippen LogP) is 5.11. The Balaban J connectivity index is 1.83. The van der Waals surface area contributed by atoms with Crippen molar-refractivity contribution in [3.05, 3.63) is 69.9 Å². The third-order valence-corrected chi connectivity index (χ3v) is 6.22. The third kappa shape index (κ3) is 4.87. The number of methoxy groups -OCH3 is 1. The molecule has 176 valence electrons. The number of rotatable bonds is 8. The van der Waals surface area contributed by atoms with E-state index in [1.165, 1.54) is 0 Å². The molecule has 4 rings (SSSR count). The molecular weight excluding hydrogens is 444 g/mol. The van der Waals surface area contributed by atoms with E-state index in [4.69, 9.17) is 30.5 Å². The normalized spacial score (nSPS) is 18.7. The highest BCUT2D eigenvalue weighted by molar-refractivity contribution is 6.31. The SMILES string of the molecule is CCOC(=O)OC1NCc2[nH]c3cccc(Cc4ccccc4Cl)c3c2C1C(OC)OCC. The molecule has 0 saturated heterocycles. The van der Waals surface area contributed by atoms with E-state index in [9.17, 15) is 4.79 Å². The van der Waals surface area contributed by atoms with E-state index >= 15 is 0 Å². The van der Waals surface area contributed by atoms with Gasteiger partial charge in [-0.05, 0) is 49.1 Å². The molecule has 0 aliphatic carbocycles. The number of hydrogen-bond donors (Lipinski definition) is 2. The summed E-state index contributed by atoms with van der Waals surface area (Å²) in [6.07, 6.45) is -1.38. The lowest BCUT2D eigenvalue weighted by Gasteiger charge is -2.36. The van der Waals surface area contributed by atoms with Gasteiger partial charge in [0.2, 0.25) is 0 Å². The van der Waals surface area contributed by atoms with E-state index in [1.54, 1.807) is 14.0 Å². The molecule has 2 N–H and O–H groups in total. The second kappa shape index (κ2) is 10.6. The maximum atomic E-state index is 12.2. The summed E-state index contributed by atoms with van der Waals surface area (Å²) in [6.45, 7) is 4.83. The summed E-state index contributed by atoms with van der Waals surface area (Å²) in [5.41, 5.74) is 5.18. The van der Waals surface area contributed by atoms with Crippen LogP contribution in [-0.4, -0.2) is 44.0 Å². The number of hydrogen-bond acceptors (Lipinski definition) is 6. The molecule has 2 aromatic carbocycles. The van der Waals surface area contributed by atoms with Gasteiger partial charge in [-0.1, -0.05) is 41.9 Å². The van der Waals surface area contributed by atoms with Crippen LogP contribution in [0.3, 0.4) is 0 Å². The van der Waals surface area contributed by atoms with Gasteiger partial charge in [-0.25, -0.2) is 4.79 Å². The highest BCUT2D eigenvalue weighted by atomic mass is 35.5. The molecule has 0 amide bonds. The largest absolute Gasteiger partial charge is 0.509 e. The van der Waals surface area contributed by atoms with E-state index in [1.807, 2.05) is 43.3 Å². The highest BCUT2D eigenvalue weighted by Gasteiger charge is 2.41. The van der Waals surface area contributed by atoms with Gasteiger partial charge in [0.25, 0.3) is 0 Å². The molecule has 1 aromatic heterocycles. The molecule has 0 fully saturated rings. The average Bonchev–Trinajstić information content (AvgIpc) is 3.19. The number of H-pyrrole nitrogens is 1. The van der Waals surface area contributed by atoms with Crippen LogP contribution in [0.1, 0.15) is 42.1 Å². The molecule has 3 atom stereocenters. The van der Waals surface area contributed by atoms with Gasteiger partial charge in [-0.15, -0.1) is 0 Å². The summed E-state index contributed by atoms with van der Waals surface area (Å²) >= 11 is 6.47. The van der Waals surface area contributed by atoms with Crippen LogP contribution in [0, 0.1) is 0 Å². The molecule has 0 spiro atoms. The number of carbonyl (C=O) groups excluding carboxylic acids is 1. The van der Waals surface area contributed by atoms with Crippen LogP contribution < -0.4 is 5.32 Å². The first-order valence-electron chi connectivity index (χ1n) is 11.1. The van der Waals surface area contributed by atoms with Crippen LogP contribution in [0.25, 0.3) is 10.9 Å². The Bertz CT molecular complexity index is 1120. The quantitative estimate of drug-likeness (QED) is 0.350. The van der Waals surface area contributed by atoms with Crippen LogP contribution in [0.2, 0.25) is 5.02 Å². The van der Waals surface area contributed by atoms with Gasteiger partial charge in [0.05, 0.1) is 12.5 Å². The molecule has 1 aliphatic rings. The molecule has 33 heavy (non-hydrogen) atoms.